The van der Waals surface area contributed by atoms with E-state index in [1.807, 2.05) is 13.8 Å². The van der Waals surface area contributed by atoms with Gasteiger partial charge in [0.1, 0.15) is 22.9 Å². The molecule has 1 aromatic heterocycles. The first-order valence-corrected chi connectivity index (χ1v) is 12.6. The van der Waals surface area contributed by atoms with Crippen LogP contribution in [0.5, 0.6) is 5.75 Å². The Morgan fingerprint density at radius 2 is 1.97 bits per heavy atom. The van der Waals surface area contributed by atoms with Gasteiger partial charge < -0.3 is 25.0 Å². The lowest BCUT2D eigenvalue weighted by molar-refractivity contribution is -0.121. The second-order valence-corrected chi connectivity index (χ2v) is 10.2. The number of rotatable bonds is 9. The van der Waals surface area contributed by atoms with Crippen LogP contribution in [-0.4, -0.2) is 47.7 Å². The molecule has 8 nitrogen and oxygen atoms in total. The lowest BCUT2D eigenvalue weighted by atomic mass is 9.96. The molecule has 1 aliphatic carbocycles. The number of ketones is 1. The molecule has 1 atom stereocenters. The van der Waals surface area contributed by atoms with Gasteiger partial charge in [0.2, 0.25) is 5.43 Å². The van der Waals surface area contributed by atoms with Crippen LogP contribution in [0.1, 0.15) is 68.8 Å². The Kier molecular flexibility index (Phi) is 7.68. The fourth-order valence-electron chi connectivity index (χ4n) is 4.96. The number of hydrogen-bond donors (Lipinski definition) is 2. The molecule has 0 amide bonds. The van der Waals surface area contributed by atoms with Crippen molar-refractivity contribution in [3.05, 3.63) is 45.3 Å². The number of carbonyl (C=O) groups excluding carboxylic acids is 1. The minimum atomic E-state index is -1.38. The number of allylic oxidation sites excluding steroid dienone is 1. The standard InChI is InChI=1S/C27H33F2N3O5/c1-14(2)22(30)21(33)9-8-19(28)15-5-4-10-31(12-15)24-20(29)11-17-23(26(24)37-3)32(16-6-7-16)13-18(25(17)34)27(35)36/h11,13-14,16,22H,4-10,12,30H2,1-3H3,(H,35,36)/b19-15+/t22-/m0/s1. The molecule has 10 heteroatoms. The minimum absolute atomic E-state index is 0.00190. The van der Waals surface area contributed by atoms with Crippen molar-refractivity contribution in [2.45, 2.75) is 64.5 Å². The number of aromatic nitrogens is 1. The van der Waals surface area contributed by atoms with E-state index in [9.17, 15) is 19.5 Å². The number of carboxylic acids is 1. The summed E-state index contributed by atoms with van der Waals surface area (Å²) in [7, 11) is 1.37. The van der Waals surface area contributed by atoms with Gasteiger partial charge in [0.25, 0.3) is 0 Å². The van der Waals surface area contributed by atoms with Crippen LogP contribution < -0.4 is 20.8 Å². The summed E-state index contributed by atoms with van der Waals surface area (Å²) in [6.07, 6.45) is 3.90. The topological polar surface area (TPSA) is 115 Å². The minimum Gasteiger partial charge on any atom is -0.492 e. The molecule has 0 spiro atoms. The van der Waals surface area contributed by atoms with Crippen molar-refractivity contribution in [2.24, 2.45) is 11.7 Å². The molecule has 1 aliphatic heterocycles. The van der Waals surface area contributed by atoms with E-state index in [4.69, 9.17) is 10.5 Å². The number of nitrogens with two attached hydrogens (primary N) is 1. The fraction of sp³-hybridized carbons (Fsp3) is 0.519. The number of carbonyl (C=O) groups is 2. The SMILES string of the molecule is COc1c(N2CCC/C(=C(\F)CCC(=O)[C@@H](N)C(C)C)C2)c(F)cc2c(=O)c(C(=O)O)cn(C3CC3)c12. The van der Waals surface area contributed by atoms with Gasteiger partial charge in [-0.05, 0) is 43.2 Å². The molecule has 3 N–H and O–H groups in total. The average Bonchev–Trinajstić information content (AvgIpc) is 3.71. The normalized spacial score (nSPS) is 18.3. The molecule has 1 saturated carbocycles. The number of benzene rings is 1. The van der Waals surface area contributed by atoms with Crippen LogP contribution in [0.25, 0.3) is 10.9 Å². The molecule has 2 aliphatic rings. The van der Waals surface area contributed by atoms with Crippen LogP contribution in [0.2, 0.25) is 0 Å². The van der Waals surface area contributed by atoms with E-state index in [-0.39, 0.29) is 54.0 Å². The molecule has 0 unspecified atom stereocenters. The predicted octanol–water partition coefficient (Wildman–Crippen LogP) is 4.34. The van der Waals surface area contributed by atoms with E-state index in [2.05, 4.69) is 0 Å². The molecule has 0 bridgehead atoms. The maximum Gasteiger partial charge on any atom is 0.341 e. The quantitative estimate of drug-likeness (QED) is 0.509. The van der Waals surface area contributed by atoms with Crippen molar-refractivity contribution < 1.29 is 28.2 Å². The summed E-state index contributed by atoms with van der Waals surface area (Å²) in [6, 6.07) is 0.404. The van der Waals surface area contributed by atoms with Crippen LogP contribution >= 0.6 is 0 Å². The van der Waals surface area contributed by atoms with Crippen LogP contribution in [0.4, 0.5) is 14.5 Å². The van der Waals surface area contributed by atoms with E-state index < -0.39 is 34.6 Å². The highest BCUT2D eigenvalue weighted by atomic mass is 19.1. The number of pyridine rings is 1. The van der Waals surface area contributed by atoms with Gasteiger partial charge in [-0.25, -0.2) is 13.6 Å². The number of anilines is 1. The predicted molar refractivity (Wildman–Crippen MR) is 137 cm³/mol. The molecule has 1 aromatic carbocycles. The summed E-state index contributed by atoms with van der Waals surface area (Å²) in [6.45, 7) is 4.23. The Labute approximate surface area is 213 Å². The van der Waals surface area contributed by atoms with Crippen molar-refractivity contribution >= 4 is 28.3 Å². The summed E-state index contributed by atoms with van der Waals surface area (Å²) in [5.74, 6) is -2.62. The first-order chi connectivity index (χ1) is 17.5. The molecule has 4 rings (SSSR count). The maximum atomic E-state index is 15.6. The number of carboxylic acid groups (broad SMARTS) is 1. The molecule has 2 aromatic rings. The van der Waals surface area contributed by atoms with E-state index in [1.54, 1.807) is 9.47 Å². The van der Waals surface area contributed by atoms with Gasteiger partial charge in [0.05, 0.1) is 24.1 Å². The Bertz CT molecular complexity index is 1330. The number of piperidine rings is 1. The number of Topliss-reactive ketones (excluding diaryl/α,β-unsaturated/α-hetero) is 1. The average molecular weight is 518 g/mol. The summed E-state index contributed by atoms with van der Waals surface area (Å²) in [5, 5.41) is 9.44. The smallest absolute Gasteiger partial charge is 0.341 e. The van der Waals surface area contributed by atoms with Gasteiger partial charge in [-0.2, -0.15) is 0 Å². The van der Waals surface area contributed by atoms with Crippen molar-refractivity contribution in [1.82, 2.24) is 4.57 Å². The zero-order valence-electron chi connectivity index (χ0n) is 21.4. The number of aromatic carboxylic acids is 1. The number of fused-ring (bicyclic) bond motifs is 1. The number of nitrogens with zero attached hydrogens (tertiary/aromatic N) is 2. The first kappa shape index (κ1) is 26.8. The van der Waals surface area contributed by atoms with Gasteiger partial charge in [0.15, 0.2) is 11.6 Å². The van der Waals surface area contributed by atoms with Crippen LogP contribution in [0.15, 0.2) is 28.5 Å². The first-order valence-electron chi connectivity index (χ1n) is 12.6. The lowest BCUT2D eigenvalue weighted by Crippen LogP contribution is -2.35. The van der Waals surface area contributed by atoms with Gasteiger partial charge in [-0.3, -0.25) is 9.59 Å². The zero-order chi connectivity index (χ0) is 27.0. The Morgan fingerprint density at radius 3 is 2.57 bits per heavy atom. The van der Waals surface area contributed by atoms with Crippen LogP contribution in [0, 0.1) is 11.7 Å². The van der Waals surface area contributed by atoms with Gasteiger partial charge in [0, 0.05) is 38.2 Å². The number of ether oxygens (including phenoxy) is 1. The fourth-order valence-corrected chi connectivity index (χ4v) is 4.96. The molecule has 2 heterocycles. The van der Waals surface area contributed by atoms with Crippen LogP contribution in [0.3, 0.4) is 0 Å². The van der Waals surface area contributed by atoms with Crippen molar-refractivity contribution in [2.75, 3.05) is 25.1 Å². The number of hydrogen-bond acceptors (Lipinski definition) is 6. The third kappa shape index (κ3) is 5.25. The van der Waals surface area contributed by atoms with E-state index in [0.717, 1.165) is 18.9 Å². The molecular formula is C27H33F2N3O5. The molecule has 200 valence electrons. The second-order valence-electron chi connectivity index (χ2n) is 10.2. The van der Waals surface area contributed by atoms with Crippen molar-refractivity contribution in [3.63, 3.8) is 0 Å². The summed E-state index contributed by atoms with van der Waals surface area (Å²) in [5.41, 5.74) is 5.60. The molecule has 2 fully saturated rings. The third-order valence-electron chi connectivity index (χ3n) is 7.24. The Balaban J connectivity index is 1.72. The van der Waals surface area contributed by atoms with Gasteiger partial charge in [-0.15, -0.1) is 0 Å². The summed E-state index contributed by atoms with van der Waals surface area (Å²) >= 11 is 0. The van der Waals surface area contributed by atoms with Gasteiger partial charge >= 0.3 is 5.97 Å². The van der Waals surface area contributed by atoms with E-state index in [0.29, 0.717) is 30.5 Å². The monoisotopic (exact) mass is 517 g/mol. The molecule has 0 radical (unpaired) electrons. The number of halogens is 2. The van der Waals surface area contributed by atoms with Crippen molar-refractivity contribution in [3.8, 4) is 5.75 Å². The lowest BCUT2D eigenvalue weighted by Gasteiger charge is -2.33. The molecular weight excluding hydrogens is 484 g/mol. The van der Waals surface area contributed by atoms with Crippen LogP contribution in [-0.2, 0) is 4.79 Å². The highest BCUT2D eigenvalue weighted by Crippen LogP contribution is 2.44. The Morgan fingerprint density at radius 1 is 1.27 bits per heavy atom. The highest BCUT2D eigenvalue weighted by Gasteiger charge is 2.32. The third-order valence-corrected chi connectivity index (χ3v) is 7.24. The zero-order valence-corrected chi connectivity index (χ0v) is 21.4. The van der Waals surface area contributed by atoms with E-state index in [1.165, 1.54) is 13.3 Å². The molecule has 1 saturated heterocycles. The Hall–Kier alpha value is -3.27. The van der Waals surface area contributed by atoms with E-state index >= 15 is 8.78 Å². The van der Waals surface area contributed by atoms with Crippen molar-refractivity contribution in [1.29, 1.82) is 0 Å². The highest BCUT2D eigenvalue weighted by molar-refractivity contribution is 5.97. The summed E-state index contributed by atoms with van der Waals surface area (Å²) in [4.78, 5) is 38.5. The summed E-state index contributed by atoms with van der Waals surface area (Å²) < 4.78 is 38.0. The molecule has 37 heavy (non-hydrogen) atoms. The maximum absolute atomic E-state index is 15.6. The largest absolute Gasteiger partial charge is 0.492 e. The second kappa shape index (κ2) is 10.6. The number of methoxy groups -OCH3 is 1. The van der Waals surface area contributed by atoms with Gasteiger partial charge in [-0.1, -0.05) is 13.8 Å².